The van der Waals surface area contributed by atoms with E-state index in [1.807, 2.05) is 6.92 Å². The van der Waals surface area contributed by atoms with E-state index in [1.165, 1.54) is 6.07 Å². The number of nitrogens with one attached hydrogen (secondary N) is 1. The predicted octanol–water partition coefficient (Wildman–Crippen LogP) is 3.04. The van der Waals surface area contributed by atoms with Crippen molar-refractivity contribution in [3.8, 4) is 17.4 Å². The Bertz CT molecular complexity index is 602. The molecule has 112 valence electrons. The number of anilines is 1. The lowest BCUT2D eigenvalue weighted by molar-refractivity contribution is 0.312. The van der Waals surface area contributed by atoms with Gasteiger partial charge in [-0.1, -0.05) is 13.0 Å². The smallest absolute Gasteiger partial charge is 0.321 e. The van der Waals surface area contributed by atoms with Crippen molar-refractivity contribution in [1.82, 2.24) is 15.0 Å². The van der Waals surface area contributed by atoms with Crippen LogP contribution in [-0.2, 0) is 0 Å². The molecule has 0 fully saturated rings. The fraction of sp³-hybridized carbons (Fsp3) is 0.357. The molecule has 7 heteroatoms. The summed E-state index contributed by atoms with van der Waals surface area (Å²) in [5, 5.41) is 2.96. The fourth-order valence-corrected chi connectivity index (χ4v) is 1.69. The van der Waals surface area contributed by atoms with E-state index in [0.29, 0.717) is 13.2 Å². The van der Waals surface area contributed by atoms with Gasteiger partial charge in [0, 0.05) is 6.54 Å². The molecule has 0 radical (unpaired) electrons. The Balaban J connectivity index is 2.48. The highest BCUT2D eigenvalue weighted by molar-refractivity contribution is 5.58. The molecule has 0 saturated carbocycles. The number of aromatic nitrogens is 3. The third-order valence-corrected chi connectivity index (χ3v) is 2.61. The third-order valence-electron chi connectivity index (χ3n) is 2.61. The molecule has 0 bridgehead atoms. The first-order valence-electron chi connectivity index (χ1n) is 6.72. The van der Waals surface area contributed by atoms with Crippen LogP contribution in [0.4, 0.5) is 14.7 Å². The normalized spacial score (nSPS) is 10.5. The van der Waals surface area contributed by atoms with Gasteiger partial charge in [-0.2, -0.15) is 15.0 Å². The van der Waals surface area contributed by atoms with Crippen LogP contribution in [0.25, 0.3) is 11.4 Å². The van der Waals surface area contributed by atoms with Crippen LogP contribution in [0.1, 0.15) is 20.3 Å². The predicted molar refractivity (Wildman–Crippen MR) is 75.1 cm³/mol. The van der Waals surface area contributed by atoms with Crippen LogP contribution in [0.15, 0.2) is 18.2 Å². The highest BCUT2D eigenvalue weighted by Crippen LogP contribution is 2.24. The minimum absolute atomic E-state index is 0.0313. The second kappa shape index (κ2) is 6.92. The highest BCUT2D eigenvalue weighted by Gasteiger charge is 2.17. The Morgan fingerprint density at radius 1 is 1.10 bits per heavy atom. The Morgan fingerprint density at radius 2 is 1.81 bits per heavy atom. The number of hydrogen-bond donors (Lipinski definition) is 1. The molecule has 0 saturated heterocycles. The van der Waals surface area contributed by atoms with E-state index in [0.717, 1.165) is 18.6 Å². The molecular weight excluding hydrogens is 278 g/mol. The van der Waals surface area contributed by atoms with Gasteiger partial charge in [-0.05, 0) is 25.5 Å². The maximum Gasteiger partial charge on any atom is 0.321 e. The van der Waals surface area contributed by atoms with Gasteiger partial charge in [0.25, 0.3) is 0 Å². The van der Waals surface area contributed by atoms with E-state index >= 15 is 0 Å². The monoisotopic (exact) mass is 294 g/mol. The minimum atomic E-state index is -0.731. The van der Waals surface area contributed by atoms with Gasteiger partial charge < -0.3 is 10.1 Å². The summed E-state index contributed by atoms with van der Waals surface area (Å²) in [4.78, 5) is 12.1. The van der Waals surface area contributed by atoms with E-state index in [1.54, 1.807) is 6.92 Å². The topological polar surface area (TPSA) is 59.9 Å². The average molecular weight is 294 g/mol. The number of halogens is 2. The number of rotatable bonds is 6. The van der Waals surface area contributed by atoms with E-state index in [-0.39, 0.29) is 23.3 Å². The van der Waals surface area contributed by atoms with Gasteiger partial charge in [-0.3, -0.25) is 0 Å². The molecule has 0 aliphatic heterocycles. The molecule has 5 nitrogen and oxygen atoms in total. The largest absolute Gasteiger partial charge is 0.464 e. The van der Waals surface area contributed by atoms with Crippen molar-refractivity contribution in [2.75, 3.05) is 18.5 Å². The van der Waals surface area contributed by atoms with Crippen molar-refractivity contribution in [2.45, 2.75) is 20.3 Å². The summed E-state index contributed by atoms with van der Waals surface area (Å²) in [5.41, 5.74) is -0.291. The van der Waals surface area contributed by atoms with Crippen LogP contribution in [0.2, 0.25) is 0 Å². The molecule has 0 aliphatic carbocycles. The lowest BCUT2D eigenvalue weighted by Crippen LogP contribution is -2.09. The Labute approximate surface area is 121 Å². The Kier molecular flexibility index (Phi) is 4.97. The van der Waals surface area contributed by atoms with E-state index < -0.39 is 11.6 Å². The zero-order valence-corrected chi connectivity index (χ0v) is 11.9. The van der Waals surface area contributed by atoms with Crippen LogP contribution in [-0.4, -0.2) is 28.1 Å². The molecule has 1 heterocycles. The van der Waals surface area contributed by atoms with Crippen LogP contribution in [0.5, 0.6) is 6.01 Å². The van der Waals surface area contributed by atoms with Gasteiger partial charge in [-0.25, -0.2) is 8.78 Å². The number of hydrogen-bond acceptors (Lipinski definition) is 5. The SMILES string of the molecule is CCCNc1nc(OCC)nc(-c2c(F)cccc2F)n1. The molecule has 0 spiro atoms. The third kappa shape index (κ3) is 3.62. The second-order valence-corrected chi connectivity index (χ2v) is 4.22. The fourth-order valence-electron chi connectivity index (χ4n) is 1.69. The van der Waals surface area contributed by atoms with Gasteiger partial charge >= 0.3 is 6.01 Å². The van der Waals surface area contributed by atoms with Gasteiger partial charge in [-0.15, -0.1) is 0 Å². The molecule has 0 aliphatic rings. The van der Waals surface area contributed by atoms with Gasteiger partial charge in [0.2, 0.25) is 5.95 Å². The molecule has 1 aromatic heterocycles. The van der Waals surface area contributed by atoms with Crippen molar-refractivity contribution < 1.29 is 13.5 Å². The molecule has 1 N–H and O–H groups in total. The van der Waals surface area contributed by atoms with Crippen molar-refractivity contribution in [1.29, 1.82) is 0 Å². The van der Waals surface area contributed by atoms with Crippen molar-refractivity contribution in [2.24, 2.45) is 0 Å². The Morgan fingerprint density at radius 3 is 2.43 bits per heavy atom. The van der Waals surface area contributed by atoms with Gasteiger partial charge in [0.05, 0.1) is 12.2 Å². The van der Waals surface area contributed by atoms with Gasteiger partial charge in [0.15, 0.2) is 5.82 Å². The van der Waals surface area contributed by atoms with E-state index in [9.17, 15) is 8.78 Å². The number of benzene rings is 1. The first-order valence-corrected chi connectivity index (χ1v) is 6.72. The summed E-state index contributed by atoms with van der Waals surface area (Å²) >= 11 is 0. The first-order chi connectivity index (χ1) is 10.2. The standard InChI is InChI=1S/C14H16F2N4O/c1-3-8-17-13-18-12(19-14(20-13)21-4-2)11-9(15)6-5-7-10(11)16/h5-7H,3-4,8H2,1-2H3,(H,17,18,19,20). The van der Waals surface area contributed by atoms with Crippen molar-refractivity contribution in [3.63, 3.8) is 0 Å². The quantitative estimate of drug-likeness (QED) is 0.887. The maximum atomic E-state index is 13.8. The molecule has 21 heavy (non-hydrogen) atoms. The number of ether oxygens (including phenoxy) is 1. The molecule has 1 aromatic carbocycles. The molecule has 0 amide bonds. The van der Waals surface area contributed by atoms with Crippen LogP contribution in [0, 0.1) is 11.6 Å². The average Bonchev–Trinajstić information content (AvgIpc) is 2.45. The van der Waals surface area contributed by atoms with Crippen molar-refractivity contribution in [3.05, 3.63) is 29.8 Å². The second-order valence-electron chi connectivity index (χ2n) is 4.22. The van der Waals surface area contributed by atoms with Crippen molar-refractivity contribution >= 4 is 5.95 Å². The maximum absolute atomic E-state index is 13.8. The summed E-state index contributed by atoms with van der Waals surface area (Å²) in [6, 6.07) is 3.63. The Hall–Kier alpha value is -2.31. The minimum Gasteiger partial charge on any atom is -0.464 e. The van der Waals surface area contributed by atoms with Crippen LogP contribution in [0.3, 0.4) is 0 Å². The lowest BCUT2D eigenvalue weighted by atomic mass is 10.2. The molecular formula is C14H16F2N4O. The zero-order chi connectivity index (χ0) is 15.2. The molecule has 0 unspecified atom stereocenters. The summed E-state index contributed by atoms with van der Waals surface area (Å²) in [5.74, 6) is -1.33. The summed E-state index contributed by atoms with van der Waals surface area (Å²) in [6.45, 7) is 4.73. The van der Waals surface area contributed by atoms with Gasteiger partial charge in [0.1, 0.15) is 11.6 Å². The lowest BCUT2D eigenvalue weighted by Gasteiger charge is -2.09. The zero-order valence-electron chi connectivity index (χ0n) is 11.9. The van der Waals surface area contributed by atoms with E-state index in [4.69, 9.17) is 4.74 Å². The summed E-state index contributed by atoms with van der Waals surface area (Å²) < 4.78 is 32.9. The van der Waals surface area contributed by atoms with Crippen LogP contribution < -0.4 is 10.1 Å². The highest BCUT2D eigenvalue weighted by atomic mass is 19.1. The van der Waals surface area contributed by atoms with E-state index in [2.05, 4.69) is 20.3 Å². The summed E-state index contributed by atoms with van der Waals surface area (Å²) in [6.07, 6.45) is 0.860. The first kappa shape index (κ1) is 15.1. The molecule has 2 aromatic rings. The summed E-state index contributed by atoms with van der Waals surface area (Å²) in [7, 11) is 0. The van der Waals surface area contributed by atoms with Crippen LogP contribution >= 0.6 is 0 Å². The number of nitrogens with zero attached hydrogens (tertiary/aromatic N) is 3. The molecule has 2 rings (SSSR count). The molecule has 0 atom stereocenters.